The maximum Gasteiger partial charge on any atom is 0.221 e. The molecular weight excluding hydrogens is 252 g/mol. The number of carbonyl (C=O) groups is 1. The summed E-state index contributed by atoms with van der Waals surface area (Å²) in [6.07, 6.45) is 9.51. The summed E-state index contributed by atoms with van der Waals surface area (Å²) in [6, 6.07) is 0. The summed E-state index contributed by atoms with van der Waals surface area (Å²) < 4.78 is 0. The van der Waals surface area contributed by atoms with Gasteiger partial charge in [-0.1, -0.05) is 26.2 Å². The first-order valence-electron chi connectivity index (χ1n) is 8.23. The summed E-state index contributed by atoms with van der Waals surface area (Å²) in [5.41, 5.74) is 5.22. The molecular formula is C16H30N2O2. The molecule has 2 fully saturated rings. The van der Waals surface area contributed by atoms with E-state index in [9.17, 15) is 9.90 Å². The highest BCUT2D eigenvalue weighted by Crippen LogP contribution is 2.33. The van der Waals surface area contributed by atoms with Crippen molar-refractivity contribution in [3.05, 3.63) is 0 Å². The summed E-state index contributed by atoms with van der Waals surface area (Å²) in [5, 5.41) is 13.4. The Hall–Kier alpha value is -0.610. The van der Waals surface area contributed by atoms with Crippen molar-refractivity contribution in [2.45, 2.75) is 82.3 Å². The Balaban J connectivity index is 1.73. The Morgan fingerprint density at radius 1 is 1.25 bits per heavy atom. The number of aliphatic hydroxyl groups is 1. The van der Waals surface area contributed by atoms with E-state index < -0.39 is 5.60 Å². The molecule has 20 heavy (non-hydrogen) atoms. The topological polar surface area (TPSA) is 75.3 Å². The Morgan fingerprint density at radius 2 is 1.85 bits per heavy atom. The first-order valence-corrected chi connectivity index (χ1v) is 8.23. The third kappa shape index (κ3) is 4.19. The van der Waals surface area contributed by atoms with Crippen LogP contribution in [0.15, 0.2) is 0 Å². The van der Waals surface area contributed by atoms with E-state index in [2.05, 4.69) is 12.2 Å². The molecule has 2 rings (SSSR count). The van der Waals surface area contributed by atoms with Crippen LogP contribution in [0.3, 0.4) is 0 Å². The highest BCUT2D eigenvalue weighted by Gasteiger charge is 2.35. The van der Waals surface area contributed by atoms with Gasteiger partial charge in [-0.2, -0.15) is 0 Å². The van der Waals surface area contributed by atoms with Gasteiger partial charge in [0.05, 0.1) is 5.60 Å². The molecule has 4 heteroatoms. The number of amides is 1. The molecule has 4 N–H and O–H groups in total. The first-order chi connectivity index (χ1) is 9.45. The van der Waals surface area contributed by atoms with Crippen LogP contribution in [0, 0.1) is 5.92 Å². The molecule has 0 atom stereocenters. The zero-order valence-electron chi connectivity index (χ0n) is 12.8. The van der Waals surface area contributed by atoms with E-state index in [1.165, 1.54) is 6.42 Å². The molecule has 0 aromatic rings. The first kappa shape index (κ1) is 15.8. The lowest BCUT2D eigenvalue weighted by molar-refractivity contribution is -0.124. The van der Waals surface area contributed by atoms with Crippen molar-refractivity contribution in [2.75, 3.05) is 6.54 Å². The minimum atomic E-state index is -0.696. The fraction of sp³-hybridized carbons (Fsp3) is 0.938. The van der Waals surface area contributed by atoms with Gasteiger partial charge in [0.1, 0.15) is 0 Å². The van der Waals surface area contributed by atoms with Crippen molar-refractivity contribution >= 4 is 5.91 Å². The monoisotopic (exact) mass is 282 g/mol. The average molecular weight is 282 g/mol. The van der Waals surface area contributed by atoms with E-state index in [0.717, 1.165) is 57.3 Å². The molecule has 0 aliphatic heterocycles. The molecule has 2 aliphatic carbocycles. The van der Waals surface area contributed by atoms with Gasteiger partial charge in [0.25, 0.3) is 0 Å². The molecule has 2 saturated carbocycles. The lowest BCUT2D eigenvalue weighted by Gasteiger charge is -2.36. The van der Waals surface area contributed by atoms with Gasteiger partial charge in [0, 0.05) is 18.5 Å². The third-order valence-electron chi connectivity index (χ3n) is 5.34. The predicted molar refractivity (Wildman–Crippen MR) is 80.2 cm³/mol. The molecule has 0 heterocycles. The number of nitrogens with two attached hydrogens (primary N) is 1. The summed E-state index contributed by atoms with van der Waals surface area (Å²) in [5.74, 6) is 0.747. The van der Waals surface area contributed by atoms with E-state index in [-0.39, 0.29) is 11.4 Å². The Morgan fingerprint density at radius 3 is 2.40 bits per heavy atom. The van der Waals surface area contributed by atoms with E-state index in [1.54, 1.807) is 0 Å². The molecule has 116 valence electrons. The molecule has 0 aromatic heterocycles. The van der Waals surface area contributed by atoms with Crippen LogP contribution in [-0.2, 0) is 4.79 Å². The van der Waals surface area contributed by atoms with Crippen molar-refractivity contribution in [1.82, 2.24) is 5.32 Å². The van der Waals surface area contributed by atoms with Crippen LogP contribution in [-0.4, -0.2) is 28.7 Å². The molecule has 0 unspecified atom stereocenters. The average Bonchev–Trinajstić information content (AvgIpc) is 2.84. The van der Waals surface area contributed by atoms with Gasteiger partial charge in [0.15, 0.2) is 0 Å². The number of nitrogens with one attached hydrogen (secondary N) is 1. The van der Waals surface area contributed by atoms with Gasteiger partial charge < -0.3 is 16.2 Å². The second-order valence-corrected chi connectivity index (χ2v) is 7.10. The lowest BCUT2D eigenvalue weighted by atomic mass is 9.78. The van der Waals surface area contributed by atoms with E-state index >= 15 is 0 Å². The summed E-state index contributed by atoms with van der Waals surface area (Å²) >= 11 is 0. The number of rotatable bonds is 5. The van der Waals surface area contributed by atoms with Crippen LogP contribution in [0.5, 0.6) is 0 Å². The largest absolute Gasteiger partial charge is 0.388 e. The zero-order chi connectivity index (χ0) is 14.6. The predicted octanol–water partition coefficient (Wildman–Crippen LogP) is 2.10. The molecule has 4 nitrogen and oxygen atoms in total. The SMILES string of the molecule is CCC1CCC(O)(CNC(=O)CC2(N)CCCC2)CC1. The molecule has 0 radical (unpaired) electrons. The summed E-state index contributed by atoms with van der Waals surface area (Å²) in [7, 11) is 0. The second-order valence-electron chi connectivity index (χ2n) is 7.10. The van der Waals surface area contributed by atoms with Gasteiger partial charge in [-0.3, -0.25) is 4.79 Å². The Kier molecular flexibility index (Phi) is 5.08. The normalized spacial score (nSPS) is 33.0. The fourth-order valence-electron chi connectivity index (χ4n) is 3.70. The van der Waals surface area contributed by atoms with Crippen LogP contribution in [0.2, 0.25) is 0 Å². The molecule has 0 bridgehead atoms. The van der Waals surface area contributed by atoms with Gasteiger partial charge in [0.2, 0.25) is 5.91 Å². The van der Waals surface area contributed by atoms with E-state index in [1.807, 2.05) is 0 Å². The van der Waals surface area contributed by atoms with Crippen molar-refractivity contribution in [2.24, 2.45) is 11.7 Å². The number of hydrogen-bond acceptors (Lipinski definition) is 3. The third-order valence-corrected chi connectivity index (χ3v) is 5.34. The molecule has 0 aromatic carbocycles. The molecule has 2 aliphatic rings. The Labute approximate surface area is 122 Å². The minimum absolute atomic E-state index is 0.000407. The lowest BCUT2D eigenvalue weighted by Crippen LogP contribution is -2.48. The smallest absolute Gasteiger partial charge is 0.221 e. The van der Waals surface area contributed by atoms with Crippen molar-refractivity contribution in [3.63, 3.8) is 0 Å². The van der Waals surface area contributed by atoms with Crippen LogP contribution in [0.1, 0.15) is 71.1 Å². The molecule has 0 spiro atoms. The van der Waals surface area contributed by atoms with E-state index in [4.69, 9.17) is 5.73 Å². The van der Waals surface area contributed by atoms with Gasteiger partial charge in [-0.15, -0.1) is 0 Å². The van der Waals surface area contributed by atoms with Crippen LogP contribution in [0.4, 0.5) is 0 Å². The molecule has 0 saturated heterocycles. The minimum Gasteiger partial charge on any atom is -0.388 e. The summed E-state index contributed by atoms with van der Waals surface area (Å²) in [6.45, 7) is 2.59. The van der Waals surface area contributed by atoms with Gasteiger partial charge in [-0.25, -0.2) is 0 Å². The quantitative estimate of drug-likeness (QED) is 0.723. The van der Waals surface area contributed by atoms with Gasteiger partial charge >= 0.3 is 0 Å². The number of carbonyl (C=O) groups excluding carboxylic acids is 1. The van der Waals surface area contributed by atoms with Crippen molar-refractivity contribution in [1.29, 1.82) is 0 Å². The highest BCUT2D eigenvalue weighted by molar-refractivity contribution is 5.77. The van der Waals surface area contributed by atoms with Crippen LogP contribution < -0.4 is 11.1 Å². The zero-order valence-corrected chi connectivity index (χ0v) is 12.8. The van der Waals surface area contributed by atoms with Gasteiger partial charge in [-0.05, 0) is 44.4 Å². The summed E-state index contributed by atoms with van der Waals surface area (Å²) in [4.78, 5) is 12.0. The number of hydrogen-bond donors (Lipinski definition) is 3. The van der Waals surface area contributed by atoms with Crippen LogP contribution in [0.25, 0.3) is 0 Å². The Bertz CT molecular complexity index is 329. The highest BCUT2D eigenvalue weighted by atomic mass is 16.3. The van der Waals surface area contributed by atoms with Crippen molar-refractivity contribution in [3.8, 4) is 0 Å². The fourth-order valence-corrected chi connectivity index (χ4v) is 3.70. The van der Waals surface area contributed by atoms with E-state index in [0.29, 0.717) is 13.0 Å². The molecule has 1 amide bonds. The maximum absolute atomic E-state index is 12.0. The van der Waals surface area contributed by atoms with Crippen molar-refractivity contribution < 1.29 is 9.90 Å². The van der Waals surface area contributed by atoms with Crippen LogP contribution >= 0.6 is 0 Å². The maximum atomic E-state index is 12.0. The standard InChI is InChI=1S/C16H30N2O2/c1-2-13-5-9-16(20,10-6-13)12-18-14(19)11-15(17)7-3-4-8-15/h13,20H,2-12,17H2,1H3,(H,18,19). The second kappa shape index (κ2) is 6.44.